The molecule has 16 heavy (non-hydrogen) atoms. The first kappa shape index (κ1) is 10.4. The molecular formula is C10H11N3O3. The molecular weight excluding hydrogens is 210 g/mol. The molecule has 1 saturated heterocycles. The van der Waals surface area contributed by atoms with Gasteiger partial charge in [0, 0.05) is 6.20 Å². The molecule has 0 saturated carbocycles. The van der Waals surface area contributed by atoms with Gasteiger partial charge < -0.3 is 15.4 Å². The van der Waals surface area contributed by atoms with Crippen molar-refractivity contribution in [2.75, 3.05) is 6.61 Å². The molecule has 2 heterocycles. The molecule has 2 rings (SSSR count). The summed E-state index contributed by atoms with van der Waals surface area (Å²) in [7, 11) is 0. The third kappa shape index (κ3) is 2.47. The molecule has 84 valence electrons. The molecule has 2 N–H and O–H groups in total. The summed E-state index contributed by atoms with van der Waals surface area (Å²) in [4.78, 5) is 26.3. The molecule has 0 aliphatic carbocycles. The summed E-state index contributed by atoms with van der Waals surface area (Å²) in [6.45, 7) is 0.416. The number of alkyl carbamates (subject to hydrolysis) is 1. The van der Waals surface area contributed by atoms with Crippen LogP contribution in [0.15, 0.2) is 24.4 Å². The fourth-order valence-electron chi connectivity index (χ4n) is 1.33. The number of ether oxygens (including phenoxy) is 1. The maximum atomic E-state index is 11.5. The number of hydrogen-bond acceptors (Lipinski definition) is 4. The van der Waals surface area contributed by atoms with Crippen LogP contribution < -0.4 is 10.6 Å². The van der Waals surface area contributed by atoms with E-state index in [9.17, 15) is 9.59 Å². The second-order valence-corrected chi connectivity index (χ2v) is 3.33. The number of hydrogen-bond donors (Lipinski definition) is 2. The van der Waals surface area contributed by atoms with Crippen molar-refractivity contribution >= 4 is 12.0 Å². The standard InChI is InChI=1S/C10H11N3O3/c14-9(8-6-16-10(15)13-8)12-5-7-3-1-2-4-11-7/h1-4,8H,5-6H2,(H,12,14)(H,13,15). The number of aromatic nitrogens is 1. The van der Waals surface area contributed by atoms with Crippen molar-refractivity contribution in [3.8, 4) is 0 Å². The van der Waals surface area contributed by atoms with E-state index in [1.54, 1.807) is 12.3 Å². The predicted molar refractivity (Wildman–Crippen MR) is 54.4 cm³/mol. The van der Waals surface area contributed by atoms with Crippen molar-refractivity contribution in [2.45, 2.75) is 12.6 Å². The summed E-state index contributed by atoms with van der Waals surface area (Å²) < 4.78 is 4.61. The molecule has 0 radical (unpaired) electrons. The first-order valence-corrected chi connectivity index (χ1v) is 4.86. The van der Waals surface area contributed by atoms with Gasteiger partial charge >= 0.3 is 6.09 Å². The van der Waals surface area contributed by atoms with Crippen molar-refractivity contribution in [1.29, 1.82) is 0 Å². The zero-order chi connectivity index (χ0) is 11.4. The number of nitrogens with zero attached hydrogens (tertiary/aromatic N) is 1. The minimum absolute atomic E-state index is 0.0763. The highest BCUT2D eigenvalue weighted by atomic mass is 16.6. The van der Waals surface area contributed by atoms with Crippen molar-refractivity contribution < 1.29 is 14.3 Å². The molecule has 1 unspecified atom stereocenters. The maximum Gasteiger partial charge on any atom is 0.407 e. The summed E-state index contributed by atoms with van der Waals surface area (Å²) >= 11 is 0. The Bertz CT molecular complexity index is 394. The summed E-state index contributed by atoms with van der Waals surface area (Å²) in [5.74, 6) is -0.267. The van der Waals surface area contributed by atoms with E-state index in [0.717, 1.165) is 5.69 Å². The highest BCUT2D eigenvalue weighted by Crippen LogP contribution is 1.98. The minimum atomic E-state index is -0.601. The van der Waals surface area contributed by atoms with Crippen molar-refractivity contribution in [3.05, 3.63) is 30.1 Å². The van der Waals surface area contributed by atoms with Gasteiger partial charge in [0.25, 0.3) is 0 Å². The first-order chi connectivity index (χ1) is 7.75. The summed E-state index contributed by atoms with van der Waals surface area (Å²) in [6, 6.07) is 4.85. The van der Waals surface area contributed by atoms with Gasteiger partial charge in [0.1, 0.15) is 12.6 Å². The SMILES string of the molecule is O=C1NC(C(=O)NCc2ccccn2)CO1. The lowest BCUT2D eigenvalue weighted by atomic mass is 10.3. The number of amides is 2. The zero-order valence-electron chi connectivity index (χ0n) is 8.47. The van der Waals surface area contributed by atoms with Gasteiger partial charge in [0.15, 0.2) is 0 Å². The molecule has 0 spiro atoms. The van der Waals surface area contributed by atoms with Crippen molar-refractivity contribution in [3.63, 3.8) is 0 Å². The van der Waals surface area contributed by atoms with Gasteiger partial charge in [-0.3, -0.25) is 9.78 Å². The van der Waals surface area contributed by atoms with E-state index in [1.165, 1.54) is 0 Å². The number of nitrogens with one attached hydrogen (secondary N) is 2. The fraction of sp³-hybridized carbons (Fsp3) is 0.300. The van der Waals surface area contributed by atoms with E-state index in [2.05, 4.69) is 20.4 Å². The number of rotatable bonds is 3. The molecule has 0 aromatic carbocycles. The van der Waals surface area contributed by atoms with Crippen LogP contribution >= 0.6 is 0 Å². The molecule has 6 heteroatoms. The lowest BCUT2D eigenvalue weighted by Crippen LogP contribution is -2.42. The molecule has 1 aromatic rings. The molecule has 1 aliphatic rings. The number of cyclic esters (lactones) is 1. The summed E-state index contributed by atoms with van der Waals surface area (Å²) in [6.07, 6.45) is 1.10. The monoisotopic (exact) mass is 221 g/mol. The first-order valence-electron chi connectivity index (χ1n) is 4.86. The van der Waals surface area contributed by atoms with Crippen LogP contribution in [0.5, 0.6) is 0 Å². The highest BCUT2D eigenvalue weighted by molar-refractivity contribution is 5.87. The summed E-state index contributed by atoms with van der Waals surface area (Å²) in [5.41, 5.74) is 0.765. The Labute approximate surface area is 92.0 Å². The average Bonchev–Trinajstić information content (AvgIpc) is 2.74. The highest BCUT2D eigenvalue weighted by Gasteiger charge is 2.28. The number of carbonyl (C=O) groups excluding carboxylic acids is 2. The smallest absolute Gasteiger partial charge is 0.407 e. The molecule has 2 amide bonds. The van der Waals surface area contributed by atoms with Gasteiger partial charge in [-0.1, -0.05) is 6.07 Å². The third-order valence-corrected chi connectivity index (χ3v) is 2.16. The fourth-order valence-corrected chi connectivity index (χ4v) is 1.33. The van der Waals surface area contributed by atoms with E-state index >= 15 is 0 Å². The quantitative estimate of drug-likeness (QED) is 0.741. The lowest BCUT2D eigenvalue weighted by Gasteiger charge is -2.08. The third-order valence-electron chi connectivity index (χ3n) is 2.16. The lowest BCUT2D eigenvalue weighted by molar-refractivity contribution is -0.123. The predicted octanol–water partition coefficient (Wildman–Crippen LogP) is -0.194. The van der Waals surface area contributed by atoms with Crippen LogP contribution in [0.1, 0.15) is 5.69 Å². The molecule has 0 bridgehead atoms. The van der Waals surface area contributed by atoms with Gasteiger partial charge in [-0.2, -0.15) is 0 Å². The van der Waals surface area contributed by atoms with Crippen molar-refractivity contribution in [2.24, 2.45) is 0 Å². The van der Waals surface area contributed by atoms with Gasteiger partial charge in [-0.15, -0.1) is 0 Å². The zero-order valence-corrected chi connectivity index (χ0v) is 8.47. The van der Waals surface area contributed by atoms with Crippen LogP contribution in [0.25, 0.3) is 0 Å². The van der Waals surface area contributed by atoms with Crippen molar-refractivity contribution in [1.82, 2.24) is 15.6 Å². The van der Waals surface area contributed by atoms with E-state index in [0.29, 0.717) is 6.54 Å². The van der Waals surface area contributed by atoms with Gasteiger partial charge in [-0.05, 0) is 12.1 Å². The van der Waals surface area contributed by atoms with Gasteiger partial charge in [-0.25, -0.2) is 4.79 Å². The Morgan fingerprint density at radius 3 is 3.12 bits per heavy atom. The Morgan fingerprint density at radius 1 is 1.62 bits per heavy atom. The molecule has 1 atom stereocenters. The Kier molecular flexibility index (Phi) is 3.00. The molecule has 6 nitrogen and oxygen atoms in total. The van der Waals surface area contributed by atoms with Crippen LogP contribution in [-0.4, -0.2) is 29.6 Å². The number of pyridine rings is 1. The van der Waals surface area contributed by atoms with Crippen LogP contribution in [0.4, 0.5) is 4.79 Å². The Hall–Kier alpha value is -2.11. The van der Waals surface area contributed by atoms with Crippen LogP contribution in [0.3, 0.4) is 0 Å². The molecule has 1 aromatic heterocycles. The molecule has 1 fully saturated rings. The van der Waals surface area contributed by atoms with Crippen LogP contribution in [0, 0.1) is 0 Å². The molecule has 1 aliphatic heterocycles. The van der Waals surface area contributed by atoms with E-state index in [1.807, 2.05) is 12.1 Å². The summed E-state index contributed by atoms with van der Waals surface area (Å²) in [5, 5.41) is 5.06. The van der Waals surface area contributed by atoms with Crippen LogP contribution in [0.2, 0.25) is 0 Å². The normalized spacial score (nSPS) is 18.8. The second-order valence-electron chi connectivity index (χ2n) is 3.33. The Morgan fingerprint density at radius 2 is 2.50 bits per heavy atom. The van der Waals surface area contributed by atoms with E-state index in [-0.39, 0.29) is 12.5 Å². The average molecular weight is 221 g/mol. The van der Waals surface area contributed by atoms with Crippen LogP contribution in [-0.2, 0) is 16.1 Å². The van der Waals surface area contributed by atoms with E-state index in [4.69, 9.17) is 0 Å². The second kappa shape index (κ2) is 4.61. The van der Waals surface area contributed by atoms with Gasteiger partial charge in [0.05, 0.1) is 12.2 Å². The largest absolute Gasteiger partial charge is 0.447 e. The maximum absolute atomic E-state index is 11.5. The van der Waals surface area contributed by atoms with Gasteiger partial charge in [0.2, 0.25) is 5.91 Å². The van der Waals surface area contributed by atoms with E-state index < -0.39 is 12.1 Å². The minimum Gasteiger partial charge on any atom is -0.447 e. The number of carbonyl (C=O) groups is 2. The Balaban J connectivity index is 1.82. The topological polar surface area (TPSA) is 80.3 Å².